The van der Waals surface area contributed by atoms with Crippen LogP contribution in [0.15, 0.2) is 43.1 Å². The predicted octanol–water partition coefficient (Wildman–Crippen LogP) is 2.34. The number of amides is 1. The maximum atomic E-state index is 12.6. The molecule has 7 nitrogen and oxygen atoms in total. The number of aromatic nitrogens is 1. The molecule has 144 valence electrons. The molecule has 1 aromatic carbocycles. The number of hydrogen-bond acceptors (Lipinski definition) is 4. The topological polar surface area (TPSA) is 131 Å². The second-order valence-corrected chi connectivity index (χ2v) is 7.98. The van der Waals surface area contributed by atoms with Crippen molar-refractivity contribution in [3.63, 3.8) is 0 Å². The lowest BCUT2D eigenvalue weighted by Gasteiger charge is -2.28. The number of nitrogens with two attached hydrogens (primary N) is 1. The number of H-pyrrole nitrogens is 1. The highest BCUT2D eigenvalue weighted by Crippen LogP contribution is 2.22. The molecule has 8 heteroatoms. The van der Waals surface area contributed by atoms with Gasteiger partial charge in [-0.25, -0.2) is 8.42 Å². The van der Waals surface area contributed by atoms with Crippen LogP contribution in [0.25, 0.3) is 10.9 Å². The molecule has 0 saturated carbocycles. The van der Waals surface area contributed by atoms with Crippen LogP contribution >= 0.6 is 0 Å². The number of sulfonamides is 1. The van der Waals surface area contributed by atoms with Crippen molar-refractivity contribution in [3.05, 3.63) is 48.7 Å². The normalized spacial score (nSPS) is 12.7. The number of rotatable bonds is 10. The molecule has 0 radical (unpaired) electrons. The minimum atomic E-state index is -3.64. The summed E-state index contributed by atoms with van der Waals surface area (Å²) in [6.07, 6.45) is 4.85. The predicted molar refractivity (Wildman–Crippen MR) is 106 cm³/mol. The summed E-state index contributed by atoms with van der Waals surface area (Å²) in [6.45, 7) is 5.74. The minimum Gasteiger partial charge on any atom is -0.368 e. The Balaban J connectivity index is 0.00000338. The first-order valence-corrected chi connectivity index (χ1v) is 9.96. The molecule has 0 aliphatic heterocycles. The molecule has 26 heavy (non-hydrogen) atoms. The number of carbonyl (C=O) groups is 1. The molecule has 0 aliphatic rings. The molecule has 0 spiro atoms. The molecule has 0 aliphatic carbocycles. The van der Waals surface area contributed by atoms with Crippen LogP contribution in [0.4, 0.5) is 0 Å². The molecule has 1 atom stereocenters. The Morgan fingerprint density at radius 1 is 1.38 bits per heavy atom. The summed E-state index contributed by atoms with van der Waals surface area (Å²) < 4.78 is 26.5. The number of aromatic amines is 1. The van der Waals surface area contributed by atoms with Crippen molar-refractivity contribution < 1.29 is 13.2 Å². The van der Waals surface area contributed by atoms with E-state index >= 15 is 0 Å². The van der Waals surface area contributed by atoms with Gasteiger partial charge in [0.15, 0.2) is 0 Å². The summed E-state index contributed by atoms with van der Waals surface area (Å²) in [5.41, 5.74) is 7.39. The summed E-state index contributed by atoms with van der Waals surface area (Å²) in [6, 6.07) is 6.77. The molecule has 2 rings (SSSR count). The number of unbranched alkanes of at least 4 members (excludes halogenated alkanes) is 1. The molecule has 1 heterocycles. The van der Waals surface area contributed by atoms with Gasteiger partial charge in [0.25, 0.3) is 0 Å². The van der Waals surface area contributed by atoms with Gasteiger partial charge in [-0.1, -0.05) is 37.6 Å². The lowest BCUT2D eigenvalue weighted by molar-refractivity contribution is -0.121. The minimum absolute atomic E-state index is 0. The third kappa shape index (κ3) is 4.94. The van der Waals surface area contributed by atoms with E-state index in [0.29, 0.717) is 6.42 Å². The average Bonchev–Trinajstić information content (AvgIpc) is 2.97. The highest BCUT2D eigenvalue weighted by Gasteiger charge is 2.33. The lowest BCUT2D eigenvalue weighted by Crippen LogP contribution is -2.50. The van der Waals surface area contributed by atoms with Crippen LogP contribution in [0.2, 0.25) is 0 Å². The van der Waals surface area contributed by atoms with Crippen LogP contribution in [-0.4, -0.2) is 42.0 Å². The summed E-state index contributed by atoms with van der Waals surface area (Å²) in [7, 11) is -3.64. The van der Waals surface area contributed by atoms with Gasteiger partial charge in [0, 0.05) is 30.1 Å². The number of carbonyl (C=O) groups excluding carboxylic acids is 1. The van der Waals surface area contributed by atoms with E-state index in [1.54, 1.807) is 6.20 Å². The van der Waals surface area contributed by atoms with Gasteiger partial charge in [-0.15, -0.1) is 6.58 Å². The first-order valence-electron chi connectivity index (χ1n) is 8.35. The summed E-state index contributed by atoms with van der Waals surface area (Å²) >= 11 is 0. The Morgan fingerprint density at radius 2 is 2.08 bits per heavy atom. The van der Waals surface area contributed by atoms with E-state index in [9.17, 15) is 13.2 Å². The van der Waals surface area contributed by atoms with Crippen molar-refractivity contribution in [1.82, 2.24) is 15.4 Å². The van der Waals surface area contributed by atoms with Gasteiger partial charge in [-0.05, 0) is 18.1 Å². The number of primary amides is 1. The van der Waals surface area contributed by atoms with Gasteiger partial charge < -0.3 is 16.9 Å². The number of benzene rings is 1. The van der Waals surface area contributed by atoms with Gasteiger partial charge >= 0.3 is 0 Å². The first kappa shape index (κ1) is 21.9. The van der Waals surface area contributed by atoms with E-state index in [0.717, 1.165) is 22.9 Å². The Morgan fingerprint density at radius 3 is 2.69 bits per heavy atom. The quantitative estimate of drug-likeness (QED) is 0.546. The molecule has 1 amide bonds. The summed E-state index contributed by atoms with van der Waals surface area (Å²) in [4.78, 5) is 15.2. The fraction of sp³-hybridized carbons (Fsp3) is 0.389. The molecule has 1 unspecified atom stereocenters. The average molecular weight is 381 g/mol. The number of hydrogen-bond donors (Lipinski definition) is 3. The zero-order valence-electron chi connectivity index (χ0n) is 15.1. The smallest absolute Gasteiger partial charge is 0.236 e. The standard InChI is InChI=1S/C18H25N3O3S.H3N/c1-3-5-10-21(25(23,24)11-4-2)17(18(19)22)12-14-13-20-16-9-7-6-8-15(14)16;/h4,6-9,13,17,20H,2-3,5,10-12H2,1H3,(H2,19,22);1H3. The van der Waals surface area contributed by atoms with Gasteiger partial charge in [-0.3, -0.25) is 4.79 Å². The van der Waals surface area contributed by atoms with Crippen LogP contribution in [0.3, 0.4) is 0 Å². The van der Waals surface area contributed by atoms with Crippen LogP contribution in [0.5, 0.6) is 0 Å². The maximum Gasteiger partial charge on any atom is 0.236 e. The summed E-state index contributed by atoms with van der Waals surface area (Å²) in [5, 5.41) is 0.963. The van der Waals surface area contributed by atoms with Crippen molar-refractivity contribution >= 4 is 26.8 Å². The van der Waals surface area contributed by atoms with Gasteiger partial charge in [0.2, 0.25) is 15.9 Å². The molecule has 0 bridgehead atoms. The number of nitrogens with zero attached hydrogens (tertiary/aromatic N) is 1. The van der Waals surface area contributed by atoms with Crippen LogP contribution in [-0.2, 0) is 21.2 Å². The Labute approximate surface area is 154 Å². The summed E-state index contributed by atoms with van der Waals surface area (Å²) in [5.74, 6) is -0.858. The highest BCUT2D eigenvalue weighted by molar-refractivity contribution is 7.89. The third-order valence-electron chi connectivity index (χ3n) is 4.18. The van der Waals surface area contributed by atoms with E-state index in [-0.39, 0.29) is 24.9 Å². The fourth-order valence-electron chi connectivity index (χ4n) is 2.90. The number of para-hydroxylation sites is 1. The Bertz CT molecular complexity index is 845. The third-order valence-corrected chi connectivity index (χ3v) is 5.99. The zero-order valence-corrected chi connectivity index (χ0v) is 16.0. The molecule has 0 fully saturated rings. The van der Waals surface area contributed by atoms with Gasteiger partial charge in [-0.2, -0.15) is 4.31 Å². The lowest BCUT2D eigenvalue weighted by atomic mass is 10.0. The van der Waals surface area contributed by atoms with Crippen LogP contribution in [0.1, 0.15) is 25.3 Å². The molecular weight excluding hydrogens is 352 g/mol. The van der Waals surface area contributed by atoms with E-state index in [2.05, 4.69) is 11.6 Å². The van der Waals surface area contributed by atoms with Crippen molar-refractivity contribution in [2.75, 3.05) is 12.3 Å². The second kappa shape index (κ2) is 9.51. The molecule has 0 saturated heterocycles. The SMILES string of the molecule is C=CCS(=O)(=O)N(CCCC)C(Cc1c[nH]c2ccccc12)C(N)=O.N. The number of fused-ring (bicyclic) bond motifs is 1. The largest absolute Gasteiger partial charge is 0.368 e. The van der Waals surface area contributed by atoms with Crippen molar-refractivity contribution in [1.29, 1.82) is 0 Å². The van der Waals surface area contributed by atoms with Crippen molar-refractivity contribution in [2.24, 2.45) is 5.73 Å². The van der Waals surface area contributed by atoms with Gasteiger partial charge in [0.05, 0.1) is 5.75 Å². The van der Waals surface area contributed by atoms with Crippen molar-refractivity contribution in [3.8, 4) is 0 Å². The van der Waals surface area contributed by atoms with E-state index in [4.69, 9.17) is 5.73 Å². The molecule has 6 N–H and O–H groups in total. The second-order valence-electron chi connectivity index (χ2n) is 6.01. The fourth-order valence-corrected chi connectivity index (χ4v) is 4.36. The zero-order chi connectivity index (χ0) is 18.4. The molecule has 2 aromatic rings. The maximum absolute atomic E-state index is 12.6. The van der Waals surface area contributed by atoms with E-state index in [1.165, 1.54) is 10.4 Å². The molecule has 1 aromatic heterocycles. The van der Waals surface area contributed by atoms with E-state index < -0.39 is 22.0 Å². The highest BCUT2D eigenvalue weighted by atomic mass is 32.2. The van der Waals surface area contributed by atoms with Gasteiger partial charge in [0.1, 0.15) is 6.04 Å². The monoisotopic (exact) mass is 380 g/mol. The van der Waals surface area contributed by atoms with Crippen molar-refractivity contribution in [2.45, 2.75) is 32.2 Å². The molecular formula is C18H28N4O3S. The Kier molecular flexibility index (Phi) is 8.01. The van der Waals surface area contributed by atoms with Crippen LogP contribution < -0.4 is 11.9 Å². The van der Waals surface area contributed by atoms with Crippen LogP contribution in [0, 0.1) is 0 Å². The first-order chi connectivity index (χ1) is 11.9. The Hall–Kier alpha value is -2.16. The van der Waals surface area contributed by atoms with E-state index in [1.807, 2.05) is 31.2 Å². The number of nitrogens with one attached hydrogen (secondary N) is 1.